The summed E-state index contributed by atoms with van der Waals surface area (Å²) in [5.74, 6) is -0.982. The van der Waals surface area contributed by atoms with E-state index in [9.17, 15) is 4.79 Å². The van der Waals surface area contributed by atoms with Crippen molar-refractivity contribution in [3.63, 3.8) is 0 Å². The van der Waals surface area contributed by atoms with Crippen LogP contribution in [0.3, 0.4) is 0 Å². The van der Waals surface area contributed by atoms with Gasteiger partial charge < -0.3 is 14.7 Å². The van der Waals surface area contributed by atoms with Crippen LogP contribution in [-0.2, 0) is 9.53 Å². The zero-order valence-corrected chi connectivity index (χ0v) is 9.05. The van der Waals surface area contributed by atoms with E-state index in [1.54, 1.807) is 0 Å². The second kappa shape index (κ2) is 5.14. The first-order valence-electron chi connectivity index (χ1n) is 4.79. The third-order valence-electron chi connectivity index (χ3n) is 2.24. The summed E-state index contributed by atoms with van der Waals surface area (Å²) in [6, 6.07) is 0. The van der Waals surface area contributed by atoms with Gasteiger partial charge in [0.2, 0.25) is 0 Å². The molecule has 0 bridgehead atoms. The third-order valence-corrected chi connectivity index (χ3v) is 2.59. The van der Waals surface area contributed by atoms with E-state index in [2.05, 4.69) is 0 Å². The van der Waals surface area contributed by atoms with E-state index in [4.69, 9.17) is 22.1 Å². The Labute approximate surface area is 88.8 Å². The molecule has 5 heteroatoms. The van der Waals surface area contributed by atoms with Crippen molar-refractivity contribution in [2.24, 2.45) is 0 Å². The van der Waals surface area contributed by atoms with Gasteiger partial charge in [-0.2, -0.15) is 0 Å². The van der Waals surface area contributed by atoms with Crippen molar-refractivity contribution in [2.45, 2.75) is 32.3 Å². The molecule has 0 amide bonds. The highest BCUT2D eigenvalue weighted by atomic mass is 32.1. The van der Waals surface area contributed by atoms with Gasteiger partial charge in [0.15, 0.2) is 6.10 Å². The van der Waals surface area contributed by atoms with E-state index in [0.717, 1.165) is 25.9 Å². The zero-order chi connectivity index (χ0) is 10.6. The van der Waals surface area contributed by atoms with E-state index >= 15 is 0 Å². The predicted octanol–water partition coefficient (Wildman–Crippen LogP) is 1.25. The van der Waals surface area contributed by atoms with E-state index in [0.29, 0.717) is 5.17 Å². The lowest BCUT2D eigenvalue weighted by atomic mass is 10.1. The van der Waals surface area contributed by atoms with Crippen LogP contribution in [0.15, 0.2) is 0 Å². The molecule has 0 radical (unpaired) electrons. The van der Waals surface area contributed by atoms with Gasteiger partial charge in [0, 0.05) is 13.1 Å². The molecule has 1 aliphatic heterocycles. The number of carboxylic acid groups (broad SMARTS) is 1. The van der Waals surface area contributed by atoms with Crippen molar-refractivity contribution in [1.29, 1.82) is 0 Å². The number of ether oxygens (including phenoxy) is 1. The van der Waals surface area contributed by atoms with Crippen LogP contribution in [-0.4, -0.2) is 40.3 Å². The number of carboxylic acids is 1. The minimum Gasteiger partial charge on any atom is -0.479 e. The van der Waals surface area contributed by atoms with E-state index in [1.807, 2.05) is 4.90 Å². The average molecular weight is 217 g/mol. The summed E-state index contributed by atoms with van der Waals surface area (Å²) in [7, 11) is 0. The van der Waals surface area contributed by atoms with Crippen LogP contribution < -0.4 is 0 Å². The molecule has 0 unspecified atom stereocenters. The number of piperidine rings is 1. The summed E-state index contributed by atoms with van der Waals surface area (Å²) < 4.78 is 5.11. The van der Waals surface area contributed by atoms with Crippen LogP contribution in [0.2, 0.25) is 0 Å². The summed E-state index contributed by atoms with van der Waals surface area (Å²) in [6.45, 7) is 3.24. The average Bonchev–Trinajstić information content (AvgIpc) is 2.19. The molecule has 4 nitrogen and oxygen atoms in total. The summed E-state index contributed by atoms with van der Waals surface area (Å²) >= 11 is 5.01. The fourth-order valence-electron chi connectivity index (χ4n) is 1.35. The van der Waals surface area contributed by atoms with Crippen molar-refractivity contribution in [3.8, 4) is 0 Å². The van der Waals surface area contributed by atoms with Crippen LogP contribution >= 0.6 is 12.2 Å². The van der Waals surface area contributed by atoms with Gasteiger partial charge in [-0.05, 0) is 38.4 Å². The molecule has 1 fully saturated rings. The van der Waals surface area contributed by atoms with Crippen molar-refractivity contribution >= 4 is 23.4 Å². The molecule has 1 aliphatic rings. The van der Waals surface area contributed by atoms with Gasteiger partial charge in [-0.1, -0.05) is 0 Å². The van der Waals surface area contributed by atoms with Crippen molar-refractivity contribution in [3.05, 3.63) is 0 Å². The lowest BCUT2D eigenvalue weighted by Crippen LogP contribution is -2.38. The van der Waals surface area contributed by atoms with Crippen LogP contribution in [0.5, 0.6) is 0 Å². The van der Waals surface area contributed by atoms with Gasteiger partial charge in [0.05, 0.1) is 0 Å². The second-order valence-corrected chi connectivity index (χ2v) is 3.76. The Morgan fingerprint density at radius 1 is 1.43 bits per heavy atom. The van der Waals surface area contributed by atoms with Gasteiger partial charge in [-0.15, -0.1) is 0 Å². The summed E-state index contributed by atoms with van der Waals surface area (Å²) in [6.07, 6.45) is 2.56. The maximum absolute atomic E-state index is 10.5. The maximum atomic E-state index is 10.5. The summed E-state index contributed by atoms with van der Waals surface area (Å²) in [5, 5.41) is 8.95. The van der Waals surface area contributed by atoms with Crippen LogP contribution in [0.25, 0.3) is 0 Å². The Balaban J connectivity index is 2.36. The fraction of sp³-hybridized carbons (Fsp3) is 0.778. The van der Waals surface area contributed by atoms with E-state index < -0.39 is 12.1 Å². The molecule has 0 spiro atoms. The molecule has 80 valence electrons. The van der Waals surface area contributed by atoms with Gasteiger partial charge >= 0.3 is 5.97 Å². The maximum Gasteiger partial charge on any atom is 0.344 e. The van der Waals surface area contributed by atoms with Gasteiger partial charge in [0.1, 0.15) is 0 Å². The molecule has 14 heavy (non-hydrogen) atoms. The molecule has 0 saturated carbocycles. The highest BCUT2D eigenvalue weighted by Gasteiger charge is 2.19. The number of rotatable bonds is 2. The van der Waals surface area contributed by atoms with Crippen molar-refractivity contribution in [2.75, 3.05) is 13.1 Å². The quantitative estimate of drug-likeness (QED) is 0.705. The lowest BCUT2D eigenvalue weighted by Gasteiger charge is -2.29. The monoisotopic (exact) mass is 217 g/mol. The number of nitrogens with zero attached hydrogens (tertiary/aromatic N) is 1. The lowest BCUT2D eigenvalue weighted by molar-refractivity contribution is -0.145. The zero-order valence-electron chi connectivity index (χ0n) is 8.23. The Morgan fingerprint density at radius 2 is 2.00 bits per heavy atom. The molecule has 0 aromatic rings. The number of aliphatic carboxylic acids is 1. The second-order valence-electron chi connectivity index (χ2n) is 3.41. The van der Waals surface area contributed by atoms with E-state index in [1.165, 1.54) is 13.3 Å². The molecular weight excluding hydrogens is 202 g/mol. The molecule has 1 atom stereocenters. The summed E-state index contributed by atoms with van der Waals surface area (Å²) in [5.41, 5.74) is 0. The molecule has 1 N–H and O–H groups in total. The molecule has 0 aromatic heterocycles. The minimum atomic E-state index is -0.982. The Hall–Kier alpha value is -0.840. The largest absolute Gasteiger partial charge is 0.479 e. The molecule has 1 rings (SSSR count). The number of hydrogen-bond acceptors (Lipinski definition) is 3. The fourth-order valence-corrected chi connectivity index (χ4v) is 1.68. The predicted molar refractivity (Wildman–Crippen MR) is 56.2 cm³/mol. The standard InChI is InChI=1S/C9H15NO3S/c1-7(8(11)12)13-9(14)10-5-3-2-4-6-10/h7H,2-6H2,1H3,(H,11,12)/t7-/m1/s1. The number of likely N-dealkylation sites (tertiary alicyclic amines) is 1. The normalized spacial score (nSPS) is 18.8. The molecule has 1 saturated heterocycles. The smallest absolute Gasteiger partial charge is 0.344 e. The van der Waals surface area contributed by atoms with Crippen molar-refractivity contribution in [1.82, 2.24) is 4.90 Å². The first-order chi connectivity index (χ1) is 6.61. The molecular formula is C9H15NO3S. The van der Waals surface area contributed by atoms with Crippen LogP contribution in [0, 0.1) is 0 Å². The molecule has 1 heterocycles. The van der Waals surface area contributed by atoms with Crippen molar-refractivity contribution < 1.29 is 14.6 Å². The van der Waals surface area contributed by atoms with Gasteiger partial charge in [-0.25, -0.2) is 4.79 Å². The van der Waals surface area contributed by atoms with Gasteiger partial charge in [0.25, 0.3) is 5.17 Å². The Morgan fingerprint density at radius 3 is 2.50 bits per heavy atom. The topological polar surface area (TPSA) is 49.8 Å². The van der Waals surface area contributed by atoms with E-state index in [-0.39, 0.29) is 0 Å². The number of carbonyl (C=O) groups is 1. The molecule has 0 aliphatic carbocycles. The summed E-state index contributed by atoms with van der Waals surface area (Å²) in [4.78, 5) is 12.4. The Kier molecular flexibility index (Phi) is 4.13. The van der Waals surface area contributed by atoms with Crippen LogP contribution in [0.1, 0.15) is 26.2 Å². The highest BCUT2D eigenvalue weighted by molar-refractivity contribution is 7.80. The minimum absolute atomic E-state index is 0.319. The Bertz CT molecular complexity index is 226. The molecule has 0 aromatic carbocycles. The SMILES string of the molecule is C[C@@H](OC(=S)N1CCCCC1)C(=O)O. The first-order valence-corrected chi connectivity index (χ1v) is 5.20. The third kappa shape index (κ3) is 3.14. The van der Waals surface area contributed by atoms with Gasteiger partial charge in [-0.3, -0.25) is 0 Å². The number of thiocarbonyl (C=S) groups is 1. The first kappa shape index (κ1) is 11.2. The highest BCUT2D eigenvalue weighted by Crippen LogP contribution is 2.10. The number of hydrogen-bond donors (Lipinski definition) is 1. The van der Waals surface area contributed by atoms with Crippen LogP contribution in [0.4, 0.5) is 0 Å².